The molecule has 1 amide bonds. The van der Waals surface area contributed by atoms with Crippen molar-refractivity contribution in [2.24, 2.45) is 0 Å². The maximum Gasteiger partial charge on any atom is 0.406 e. The molecule has 0 spiro atoms. The van der Waals surface area contributed by atoms with Crippen LogP contribution in [0.2, 0.25) is 0 Å². The van der Waals surface area contributed by atoms with Gasteiger partial charge in [0.05, 0.1) is 25.4 Å². The van der Waals surface area contributed by atoms with Crippen LogP contribution in [0.1, 0.15) is 40.2 Å². The predicted octanol–water partition coefficient (Wildman–Crippen LogP) is 2.82. The van der Waals surface area contributed by atoms with Gasteiger partial charge in [0.2, 0.25) is 5.91 Å². The summed E-state index contributed by atoms with van der Waals surface area (Å²) in [5.41, 5.74) is 0.871. The summed E-state index contributed by atoms with van der Waals surface area (Å²) in [7, 11) is -2.45. The summed E-state index contributed by atoms with van der Waals surface area (Å²) in [4.78, 5) is 24.7. The quantitative estimate of drug-likeness (QED) is 0.424. The van der Waals surface area contributed by atoms with Crippen LogP contribution < -0.4 is 10.4 Å². The predicted molar refractivity (Wildman–Crippen MR) is 107 cm³/mol. The van der Waals surface area contributed by atoms with E-state index in [1.807, 2.05) is 30.3 Å². The van der Waals surface area contributed by atoms with E-state index in [-0.39, 0.29) is 18.6 Å². The van der Waals surface area contributed by atoms with Crippen LogP contribution in [0.3, 0.4) is 0 Å². The van der Waals surface area contributed by atoms with Crippen LogP contribution in [0.5, 0.6) is 0 Å². The van der Waals surface area contributed by atoms with Crippen molar-refractivity contribution >= 4 is 19.6 Å². The molecule has 28 heavy (non-hydrogen) atoms. The highest BCUT2D eigenvalue weighted by Crippen LogP contribution is 2.46. The largest absolute Gasteiger partial charge is 0.467 e. The Labute approximate surface area is 166 Å². The Balaban J connectivity index is 2.84. The van der Waals surface area contributed by atoms with Crippen molar-refractivity contribution in [3.8, 4) is 0 Å². The number of hydrogen-bond acceptors (Lipinski definition) is 6. The summed E-state index contributed by atoms with van der Waals surface area (Å²) in [5, 5.41) is 5.27. The Hall–Kier alpha value is -1.73. The van der Waals surface area contributed by atoms with Gasteiger partial charge >= 0.3 is 13.7 Å². The number of rotatable bonds is 11. The van der Waals surface area contributed by atoms with Gasteiger partial charge in [-0.3, -0.25) is 13.8 Å². The number of methoxy groups -OCH3 is 1. The Bertz CT molecular complexity index is 666. The molecular formula is C19H31N2O6P. The molecule has 0 heterocycles. The fourth-order valence-electron chi connectivity index (χ4n) is 2.42. The Morgan fingerprint density at radius 1 is 1.00 bits per heavy atom. The van der Waals surface area contributed by atoms with Crippen LogP contribution in [-0.2, 0) is 34.4 Å². The average molecular weight is 414 g/mol. The molecule has 1 rings (SSSR count). The molecule has 0 saturated carbocycles. The van der Waals surface area contributed by atoms with Gasteiger partial charge in [-0.2, -0.15) is 0 Å². The van der Waals surface area contributed by atoms with Gasteiger partial charge in [-0.05, 0) is 40.2 Å². The molecule has 0 aliphatic heterocycles. The van der Waals surface area contributed by atoms with Gasteiger partial charge in [-0.15, -0.1) is 0 Å². The maximum atomic E-state index is 12.9. The van der Waals surface area contributed by atoms with Crippen molar-refractivity contribution in [1.29, 1.82) is 0 Å². The molecule has 2 atom stereocenters. The number of carbonyl (C=O) groups is 2. The standard InChI is InChI=1S/C19H31N2O6P/c1-13(2)26-28(24,27-14(3)4)21-15(5)18(22)20-17(19(23)25-6)12-16-10-8-7-9-11-16/h7-11,13-15,17H,12H2,1-6H3,(H,20,22)(H,21,24)/t15-,17+/m1/s1. The van der Waals surface area contributed by atoms with Crippen molar-refractivity contribution < 1.29 is 27.9 Å². The van der Waals surface area contributed by atoms with E-state index in [4.69, 9.17) is 13.8 Å². The van der Waals surface area contributed by atoms with E-state index >= 15 is 0 Å². The molecular weight excluding hydrogens is 383 g/mol. The highest BCUT2D eigenvalue weighted by molar-refractivity contribution is 7.51. The van der Waals surface area contributed by atoms with E-state index in [1.165, 1.54) is 14.0 Å². The normalized spacial score (nSPS) is 14.0. The fraction of sp³-hybridized carbons (Fsp3) is 0.579. The number of benzene rings is 1. The van der Waals surface area contributed by atoms with Crippen LogP contribution in [-0.4, -0.2) is 43.3 Å². The molecule has 0 unspecified atom stereocenters. The summed E-state index contributed by atoms with van der Waals surface area (Å²) in [5.74, 6) is -1.09. The molecule has 8 nitrogen and oxygen atoms in total. The Morgan fingerprint density at radius 2 is 1.54 bits per heavy atom. The summed E-state index contributed by atoms with van der Waals surface area (Å²) in [6.07, 6.45) is -0.462. The van der Waals surface area contributed by atoms with Crippen molar-refractivity contribution in [2.45, 2.75) is 65.3 Å². The number of nitrogens with one attached hydrogen (secondary N) is 2. The number of carbonyl (C=O) groups excluding carboxylic acids is 2. The molecule has 9 heteroatoms. The van der Waals surface area contributed by atoms with Gasteiger partial charge in [0.1, 0.15) is 6.04 Å². The molecule has 0 fully saturated rings. The number of ether oxygens (including phenoxy) is 1. The zero-order valence-electron chi connectivity index (χ0n) is 17.3. The van der Waals surface area contributed by atoms with Crippen LogP contribution in [0, 0.1) is 0 Å². The number of amides is 1. The first-order valence-corrected chi connectivity index (χ1v) is 10.8. The van der Waals surface area contributed by atoms with Gasteiger partial charge in [0, 0.05) is 6.42 Å². The second-order valence-electron chi connectivity index (χ2n) is 6.93. The number of hydrogen-bond donors (Lipinski definition) is 2. The number of esters is 1. The minimum atomic E-state index is -3.71. The lowest BCUT2D eigenvalue weighted by molar-refractivity contribution is -0.145. The van der Waals surface area contributed by atoms with Crippen LogP contribution in [0.15, 0.2) is 30.3 Å². The molecule has 0 saturated heterocycles. The molecule has 0 aliphatic carbocycles. The van der Waals surface area contributed by atoms with Crippen LogP contribution in [0.4, 0.5) is 0 Å². The first-order chi connectivity index (χ1) is 13.1. The van der Waals surface area contributed by atoms with Gasteiger partial charge < -0.3 is 10.1 Å². The van der Waals surface area contributed by atoms with E-state index in [0.717, 1.165) is 5.56 Å². The van der Waals surface area contributed by atoms with Crippen molar-refractivity contribution in [3.63, 3.8) is 0 Å². The molecule has 0 radical (unpaired) electrons. The molecule has 0 aromatic heterocycles. The monoisotopic (exact) mass is 414 g/mol. The third kappa shape index (κ3) is 8.52. The Morgan fingerprint density at radius 3 is 2.00 bits per heavy atom. The second kappa shape index (κ2) is 11.3. The maximum absolute atomic E-state index is 12.9. The van der Waals surface area contributed by atoms with Gasteiger partial charge in [0.25, 0.3) is 0 Å². The van der Waals surface area contributed by atoms with Crippen molar-refractivity contribution in [2.75, 3.05) is 7.11 Å². The smallest absolute Gasteiger partial charge is 0.406 e. The third-order valence-corrected chi connectivity index (χ3v) is 5.63. The first-order valence-electron chi connectivity index (χ1n) is 9.23. The van der Waals surface area contributed by atoms with Gasteiger partial charge in [-0.25, -0.2) is 14.4 Å². The lowest BCUT2D eigenvalue weighted by Gasteiger charge is -2.26. The molecule has 0 aliphatic rings. The SMILES string of the molecule is COC(=O)[C@H](Cc1ccccc1)NC(=O)[C@@H](C)NP(=O)(OC(C)C)OC(C)C. The van der Waals surface area contributed by atoms with E-state index in [1.54, 1.807) is 27.7 Å². The molecule has 158 valence electrons. The minimum absolute atomic E-state index is 0.272. The van der Waals surface area contributed by atoms with Gasteiger partial charge in [-0.1, -0.05) is 30.3 Å². The molecule has 1 aromatic carbocycles. The highest BCUT2D eigenvalue weighted by Gasteiger charge is 2.33. The third-order valence-electron chi connectivity index (χ3n) is 3.53. The summed E-state index contributed by atoms with van der Waals surface area (Å²) >= 11 is 0. The molecule has 0 bridgehead atoms. The summed E-state index contributed by atoms with van der Waals surface area (Å²) < 4.78 is 28.5. The van der Waals surface area contributed by atoms with Gasteiger partial charge in [0.15, 0.2) is 0 Å². The topological polar surface area (TPSA) is 103 Å². The van der Waals surface area contributed by atoms with Crippen LogP contribution in [0.25, 0.3) is 0 Å². The lowest BCUT2D eigenvalue weighted by Crippen LogP contribution is -2.49. The zero-order chi connectivity index (χ0) is 21.3. The van der Waals surface area contributed by atoms with E-state index in [0.29, 0.717) is 0 Å². The zero-order valence-corrected chi connectivity index (χ0v) is 18.2. The lowest BCUT2D eigenvalue weighted by atomic mass is 10.1. The summed E-state index contributed by atoms with van der Waals surface area (Å²) in [6.45, 7) is 8.39. The highest BCUT2D eigenvalue weighted by atomic mass is 31.2. The van der Waals surface area contributed by atoms with E-state index in [2.05, 4.69) is 10.4 Å². The van der Waals surface area contributed by atoms with E-state index < -0.39 is 31.7 Å². The molecule has 1 aromatic rings. The van der Waals surface area contributed by atoms with E-state index in [9.17, 15) is 14.2 Å². The molecule has 2 N–H and O–H groups in total. The second-order valence-corrected chi connectivity index (χ2v) is 8.61. The minimum Gasteiger partial charge on any atom is -0.467 e. The average Bonchev–Trinajstić information content (AvgIpc) is 2.59. The van der Waals surface area contributed by atoms with Crippen molar-refractivity contribution in [3.05, 3.63) is 35.9 Å². The van der Waals surface area contributed by atoms with Crippen LogP contribution >= 0.6 is 7.75 Å². The Kier molecular flexibility index (Phi) is 9.82. The van der Waals surface area contributed by atoms with Crippen molar-refractivity contribution in [1.82, 2.24) is 10.4 Å². The summed E-state index contributed by atoms with van der Waals surface area (Å²) in [6, 6.07) is 7.46. The first kappa shape index (κ1) is 24.3. The fourth-order valence-corrected chi connectivity index (χ4v) is 4.29.